The standard InChI is InChI=1S/C30H47N3O6/c1-21(2)32(30(35)23-6-9-27(37-4)28(16-23)39-13-5-12-36-3)19-24-17-31-18-25(24)20-33(26-7-8-26)29(34)22-10-14-38-15-11-22/h6,9,16,21-22,24-26,31H,5,7-8,10-15,17-20H2,1-4H3/t24-,25+/m1/s1. The maximum Gasteiger partial charge on any atom is 0.254 e. The van der Waals surface area contributed by atoms with E-state index in [9.17, 15) is 9.59 Å². The first-order valence-electron chi connectivity index (χ1n) is 14.6. The van der Waals surface area contributed by atoms with E-state index in [4.69, 9.17) is 18.9 Å². The van der Waals surface area contributed by atoms with Crippen LogP contribution in [0.25, 0.3) is 0 Å². The average Bonchev–Trinajstić information content (AvgIpc) is 3.70. The van der Waals surface area contributed by atoms with Crippen molar-refractivity contribution in [2.45, 2.75) is 58.0 Å². The number of hydrogen-bond donors (Lipinski definition) is 1. The molecule has 218 valence electrons. The Kier molecular flexibility index (Phi) is 10.9. The fourth-order valence-corrected chi connectivity index (χ4v) is 5.71. The topological polar surface area (TPSA) is 89.6 Å². The van der Waals surface area contributed by atoms with Crippen LogP contribution in [0, 0.1) is 17.8 Å². The van der Waals surface area contributed by atoms with Crippen LogP contribution in [0.1, 0.15) is 56.3 Å². The molecule has 2 heterocycles. The summed E-state index contributed by atoms with van der Waals surface area (Å²) in [5.41, 5.74) is 0.586. The van der Waals surface area contributed by atoms with Gasteiger partial charge in [-0.1, -0.05) is 0 Å². The summed E-state index contributed by atoms with van der Waals surface area (Å²) in [6.45, 7) is 9.71. The highest BCUT2D eigenvalue weighted by Crippen LogP contribution is 2.33. The lowest BCUT2D eigenvalue weighted by atomic mass is 9.92. The summed E-state index contributed by atoms with van der Waals surface area (Å²) in [5.74, 6) is 2.14. The number of rotatable bonds is 14. The third-order valence-corrected chi connectivity index (χ3v) is 8.23. The van der Waals surface area contributed by atoms with Crippen molar-refractivity contribution in [3.05, 3.63) is 23.8 Å². The molecule has 1 aromatic rings. The zero-order valence-electron chi connectivity index (χ0n) is 24.2. The number of carbonyl (C=O) groups excluding carboxylic acids is 2. The molecule has 0 aromatic heterocycles. The molecule has 1 aliphatic carbocycles. The minimum Gasteiger partial charge on any atom is -0.493 e. The van der Waals surface area contributed by atoms with Crippen molar-refractivity contribution >= 4 is 11.8 Å². The van der Waals surface area contributed by atoms with E-state index in [-0.39, 0.29) is 23.8 Å². The highest BCUT2D eigenvalue weighted by Gasteiger charge is 2.40. The van der Waals surface area contributed by atoms with Gasteiger partial charge in [-0.25, -0.2) is 0 Å². The molecule has 0 radical (unpaired) electrons. The number of methoxy groups -OCH3 is 2. The van der Waals surface area contributed by atoms with Crippen LogP contribution in [0.4, 0.5) is 0 Å². The molecule has 3 fully saturated rings. The van der Waals surface area contributed by atoms with Crippen LogP contribution in [0.15, 0.2) is 18.2 Å². The zero-order chi connectivity index (χ0) is 27.8. The molecule has 2 aliphatic heterocycles. The number of nitrogens with one attached hydrogen (secondary N) is 1. The van der Waals surface area contributed by atoms with Gasteiger partial charge in [0.05, 0.1) is 13.7 Å². The van der Waals surface area contributed by atoms with E-state index in [0.717, 1.165) is 51.7 Å². The molecule has 0 unspecified atom stereocenters. The maximum absolute atomic E-state index is 13.8. The molecule has 4 rings (SSSR count). The van der Waals surface area contributed by atoms with Gasteiger partial charge in [0.15, 0.2) is 11.5 Å². The summed E-state index contributed by atoms with van der Waals surface area (Å²) in [6.07, 6.45) is 4.60. The van der Waals surface area contributed by atoms with Gasteiger partial charge in [-0.3, -0.25) is 9.59 Å². The van der Waals surface area contributed by atoms with Crippen LogP contribution in [0.5, 0.6) is 11.5 Å². The molecule has 2 amide bonds. The van der Waals surface area contributed by atoms with E-state index in [0.29, 0.717) is 67.9 Å². The minimum absolute atomic E-state index is 0.0163. The molecule has 3 aliphatic rings. The van der Waals surface area contributed by atoms with Gasteiger partial charge in [0.2, 0.25) is 5.91 Å². The highest BCUT2D eigenvalue weighted by atomic mass is 16.5. The summed E-state index contributed by atoms with van der Waals surface area (Å²) < 4.78 is 22.0. The van der Waals surface area contributed by atoms with Crippen LogP contribution in [-0.4, -0.2) is 101 Å². The Morgan fingerprint density at radius 1 is 1.00 bits per heavy atom. The predicted molar refractivity (Wildman–Crippen MR) is 149 cm³/mol. The van der Waals surface area contributed by atoms with Crippen molar-refractivity contribution in [1.29, 1.82) is 0 Å². The fraction of sp³-hybridized carbons (Fsp3) is 0.733. The Morgan fingerprint density at radius 3 is 2.36 bits per heavy atom. The van der Waals surface area contributed by atoms with Gasteiger partial charge >= 0.3 is 0 Å². The first-order valence-corrected chi connectivity index (χ1v) is 14.6. The molecule has 0 spiro atoms. The van der Waals surface area contributed by atoms with E-state index >= 15 is 0 Å². The smallest absolute Gasteiger partial charge is 0.254 e. The largest absolute Gasteiger partial charge is 0.493 e. The minimum atomic E-state index is -0.0163. The molecule has 9 heteroatoms. The number of ether oxygens (including phenoxy) is 4. The van der Waals surface area contributed by atoms with Crippen molar-refractivity contribution in [3.63, 3.8) is 0 Å². The quantitative estimate of drug-likeness (QED) is 0.359. The molecule has 1 aromatic carbocycles. The summed E-state index contributed by atoms with van der Waals surface area (Å²) in [4.78, 5) is 31.4. The second-order valence-electron chi connectivity index (χ2n) is 11.4. The Labute approximate surface area is 233 Å². The van der Waals surface area contributed by atoms with Gasteiger partial charge in [0.25, 0.3) is 5.91 Å². The zero-order valence-corrected chi connectivity index (χ0v) is 24.2. The summed E-state index contributed by atoms with van der Waals surface area (Å²) >= 11 is 0. The molecular formula is C30H47N3O6. The van der Waals surface area contributed by atoms with Crippen molar-refractivity contribution in [2.24, 2.45) is 17.8 Å². The Hall–Kier alpha value is -2.36. The van der Waals surface area contributed by atoms with E-state index in [1.807, 2.05) is 11.0 Å². The van der Waals surface area contributed by atoms with Crippen LogP contribution in [0.2, 0.25) is 0 Å². The molecule has 9 nitrogen and oxygen atoms in total. The fourth-order valence-electron chi connectivity index (χ4n) is 5.71. The lowest BCUT2D eigenvalue weighted by molar-refractivity contribution is -0.140. The van der Waals surface area contributed by atoms with Crippen LogP contribution in [0.3, 0.4) is 0 Å². The number of benzene rings is 1. The third-order valence-electron chi connectivity index (χ3n) is 8.23. The molecular weight excluding hydrogens is 498 g/mol. The van der Waals surface area contributed by atoms with Crippen molar-refractivity contribution < 1.29 is 28.5 Å². The summed E-state index contributed by atoms with van der Waals surface area (Å²) in [5, 5.41) is 3.54. The van der Waals surface area contributed by atoms with Gasteiger partial charge < -0.3 is 34.1 Å². The van der Waals surface area contributed by atoms with Crippen LogP contribution >= 0.6 is 0 Å². The Bertz CT molecular complexity index is 947. The first-order chi connectivity index (χ1) is 18.9. The van der Waals surface area contributed by atoms with Crippen LogP contribution in [-0.2, 0) is 14.3 Å². The van der Waals surface area contributed by atoms with E-state index < -0.39 is 0 Å². The molecule has 1 N–H and O–H groups in total. The van der Waals surface area contributed by atoms with Gasteiger partial charge in [-0.05, 0) is 69.6 Å². The average molecular weight is 546 g/mol. The van der Waals surface area contributed by atoms with Crippen LogP contribution < -0.4 is 14.8 Å². The molecule has 1 saturated carbocycles. The highest BCUT2D eigenvalue weighted by molar-refractivity contribution is 5.95. The summed E-state index contributed by atoms with van der Waals surface area (Å²) in [7, 11) is 3.27. The van der Waals surface area contributed by atoms with Crippen molar-refractivity contribution in [3.8, 4) is 11.5 Å². The lowest BCUT2D eigenvalue weighted by Gasteiger charge is -2.35. The molecule has 0 bridgehead atoms. The summed E-state index contributed by atoms with van der Waals surface area (Å²) in [6, 6.07) is 5.81. The third kappa shape index (κ3) is 7.86. The number of carbonyl (C=O) groups is 2. The molecule has 39 heavy (non-hydrogen) atoms. The van der Waals surface area contributed by atoms with E-state index in [2.05, 4.69) is 24.1 Å². The lowest BCUT2D eigenvalue weighted by Crippen LogP contribution is -2.46. The Morgan fingerprint density at radius 2 is 1.72 bits per heavy atom. The SMILES string of the molecule is COCCCOc1cc(C(=O)N(C[C@H]2CNC[C@H]2CN(C(=O)C2CCOCC2)C2CC2)C(C)C)ccc1OC. The second kappa shape index (κ2) is 14.3. The van der Waals surface area contributed by atoms with Gasteiger partial charge in [-0.15, -0.1) is 0 Å². The monoisotopic (exact) mass is 545 g/mol. The van der Waals surface area contributed by atoms with Gasteiger partial charge in [-0.2, -0.15) is 0 Å². The van der Waals surface area contributed by atoms with E-state index in [1.165, 1.54) is 0 Å². The number of nitrogens with zero attached hydrogens (tertiary/aromatic N) is 2. The van der Waals surface area contributed by atoms with E-state index in [1.54, 1.807) is 26.4 Å². The Balaban J connectivity index is 1.43. The normalized spacial score (nSPS) is 21.7. The maximum atomic E-state index is 13.8. The van der Waals surface area contributed by atoms with Crippen molar-refractivity contribution in [2.75, 3.05) is 66.8 Å². The van der Waals surface area contributed by atoms with Gasteiger partial charge in [0, 0.05) is 83.1 Å². The predicted octanol–water partition coefficient (Wildman–Crippen LogP) is 3.21. The van der Waals surface area contributed by atoms with Crippen molar-refractivity contribution in [1.82, 2.24) is 15.1 Å². The first kappa shape index (κ1) is 29.6. The number of amides is 2. The van der Waals surface area contributed by atoms with Gasteiger partial charge in [0.1, 0.15) is 0 Å². The molecule has 2 saturated heterocycles. The number of hydrogen-bond acceptors (Lipinski definition) is 7. The second-order valence-corrected chi connectivity index (χ2v) is 11.4. The molecule has 2 atom stereocenters.